The lowest BCUT2D eigenvalue weighted by molar-refractivity contribution is -0.133. The molecule has 1 fully saturated rings. The van der Waals surface area contributed by atoms with Gasteiger partial charge >= 0.3 is 0 Å². The zero-order valence-electron chi connectivity index (χ0n) is 15.2. The topological polar surface area (TPSA) is 72.1 Å². The minimum absolute atomic E-state index is 0.0929. The minimum atomic E-state index is -0.0929. The summed E-state index contributed by atoms with van der Waals surface area (Å²) in [6, 6.07) is 3.82. The van der Waals surface area contributed by atoms with Crippen LogP contribution in [0, 0.1) is 6.92 Å². The monoisotopic (exact) mass is 342 g/mol. The van der Waals surface area contributed by atoms with Crippen molar-refractivity contribution in [3.8, 4) is 0 Å². The number of aromatic nitrogens is 3. The molecule has 1 amide bonds. The average Bonchev–Trinajstić information content (AvgIpc) is 2.95. The van der Waals surface area contributed by atoms with Gasteiger partial charge < -0.3 is 9.42 Å². The van der Waals surface area contributed by atoms with E-state index in [1.54, 1.807) is 6.20 Å². The van der Waals surface area contributed by atoms with Gasteiger partial charge in [0.15, 0.2) is 5.82 Å². The molecule has 1 unspecified atom stereocenters. The van der Waals surface area contributed by atoms with Crippen LogP contribution in [-0.4, -0.2) is 32.5 Å². The van der Waals surface area contributed by atoms with Crippen molar-refractivity contribution in [2.24, 2.45) is 0 Å². The Balaban J connectivity index is 1.79. The van der Waals surface area contributed by atoms with E-state index in [0.29, 0.717) is 18.1 Å². The summed E-state index contributed by atoms with van der Waals surface area (Å²) in [5.41, 5.74) is 1.89. The molecule has 134 valence electrons. The van der Waals surface area contributed by atoms with E-state index in [1.807, 2.05) is 37.8 Å². The van der Waals surface area contributed by atoms with Crippen LogP contribution in [0.5, 0.6) is 0 Å². The lowest BCUT2D eigenvalue weighted by atomic mass is 10.1. The fourth-order valence-electron chi connectivity index (χ4n) is 3.17. The summed E-state index contributed by atoms with van der Waals surface area (Å²) in [5.74, 6) is 1.57. The van der Waals surface area contributed by atoms with E-state index in [2.05, 4.69) is 15.1 Å². The van der Waals surface area contributed by atoms with Crippen LogP contribution in [0.1, 0.15) is 74.5 Å². The van der Waals surface area contributed by atoms with Crippen LogP contribution < -0.4 is 0 Å². The van der Waals surface area contributed by atoms with Crippen molar-refractivity contribution < 1.29 is 9.32 Å². The molecule has 6 heteroatoms. The zero-order chi connectivity index (χ0) is 17.8. The third-order valence-corrected chi connectivity index (χ3v) is 4.65. The van der Waals surface area contributed by atoms with Gasteiger partial charge in [-0.05, 0) is 31.4 Å². The number of nitrogens with zero attached hydrogens (tertiary/aromatic N) is 4. The van der Waals surface area contributed by atoms with Gasteiger partial charge in [-0.25, -0.2) is 0 Å². The third kappa shape index (κ3) is 4.24. The molecular formula is C19H26N4O2. The molecule has 2 aromatic heterocycles. The summed E-state index contributed by atoms with van der Waals surface area (Å²) in [7, 11) is 0. The molecule has 25 heavy (non-hydrogen) atoms. The van der Waals surface area contributed by atoms with Crippen LogP contribution in [0.15, 0.2) is 22.9 Å². The Morgan fingerprint density at radius 1 is 1.32 bits per heavy atom. The highest BCUT2D eigenvalue weighted by Gasteiger charge is 2.30. The van der Waals surface area contributed by atoms with E-state index in [-0.39, 0.29) is 17.9 Å². The van der Waals surface area contributed by atoms with Crippen molar-refractivity contribution in [3.05, 3.63) is 41.3 Å². The third-order valence-electron chi connectivity index (χ3n) is 4.65. The molecule has 0 saturated carbocycles. The van der Waals surface area contributed by atoms with Crippen molar-refractivity contribution in [1.82, 2.24) is 20.0 Å². The Hall–Kier alpha value is -2.24. The molecule has 0 aromatic carbocycles. The first-order valence-corrected chi connectivity index (χ1v) is 9.09. The molecular weight excluding hydrogens is 316 g/mol. The van der Waals surface area contributed by atoms with Crippen LogP contribution in [0.4, 0.5) is 0 Å². The fraction of sp³-hybridized carbons (Fsp3) is 0.579. The maximum Gasteiger partial charge on any atom is 0.229 e. The van der Waals surface area contributed by atoms with Crippen molar-refractivity contribution in [2.45, 2.75) is 64.8 Å². The second kappa shape index (κ2) is 7.76. The number of rotatable bonds is 4. The first-order chi connectivity index (χ1) is 12.0. The van der Waals surface area contributed by atoms with Crippen LogP contribution in [0.3, 0.4) is 0 Å². The van der Waals surface area contributed by atoms with Gasteiger partial charge in [-0.2, -0.15) is 4.98 Å². The average molecular weight is 342 g/mol. The number of likely N-dealkylation sites (tertiary alicyclic amines) is 1. The molecule has 3 rings (SSSR count). The van der Waals surface area contributed by atoms with Gasteiger partial charge in [0.25, 0.3) is 0 Å². The normalized spacial score (nSPS) is 18.4. The molecule has 3 heterocycles. The van der Waals surface area contributed by atoms with Gasteiger partial charge in [0.2, 0.25) is 11.8 Å². The maximum atomic E-state index is 12.9. The Kier molecular flexibility index (Phi) is 5.46. The van der Waals surface area contributed by atoms with Crippen molar-refractivity contribution in [2.75, 3.05) is 6.54 Å². The summed E-state index contributed by atoms with van der Waals surface area (Å²) >= 11 is 0. The van der Waals surface area contributed by atoms with Crippen molar-refractivity contribution in [3.63, 3.8) is 0 Å². The molecule has 0 radical (unpaired) electrons. The first-order valence-electron chi connectivity index (χ1n) is 9.09. The van der Waals surface area contributed by atoms with Crippen LogP contribution in [0.25, 0.3) is 0 Å². The number of pyridine rings is 1. The molecule has 0 aliphatic carbocycles. The zero-order valence-corrected chi connectivity index (χ0v) is 15.2. The van der Waals surface area contributed by atoms with E-state index in [0.717, 1.165) is 43.5 Å². The summed E-state index contributed by atoms with van der Waals surface area (Å²) in [4.78, 5) is 23.7. The Morgan fingerprint density at radius 3 is 2.84 bits per heavy atom. The molecule has 1 saturated heterocycles. The number of carbonyl (C=O) groups is 1. The number of carbonyl (C=O) groups excluding carboxylic acids is 1. The van der Waals surface area contributed by atoms with Crippen molar-refractivity contribution >= 4 is 5.91 Å². The second-order valence-corrected chi connectivity index (χ2v) is 7.08. The van der Waals surface area contributed by atoms with Crippen LogP contribution in [-0.2, 0) is 11.2 Å². The SMILES string of the molecule is Cc1ccc(CC(=O)N2CCCCCC2c2noc(C(C)C)n2)cn1. The highest BCUT2D eigenvalue weighted by molar-refractivity contribution is 5.79. The standard InChI is InChI=1S/C19H26N4O2/c1-13(2)19-21-18(22-25-19)16-7-5-4-6-10-23(16)17(24)11-15-9-8-14(3)20-12-15/h8-9,12-13,16H,4-7,10-11H2,1-3H3. The number of amides is 1. The largest absolute Gasteiger partial charge is 0.339 e. The molecule has 1 atom stereocenters. The summed E-state index contributed by atoms with van der Waals surface area (Å²) < 4.78 is 5.37. The molecule has 6 nitrogen and oxygen atoms in total. The lowest BCUT2D eigenvalue weighted by Gasteiger charge is -2.28. The van der Waals surface area contributed by atoms with Crippen LogP contribution in [0.2, 0.25) is 0 Å². The quantitative estimate of drug-likeness (QED) is 0.849. The summed E-state index contributed by atoms with van der Waals surface area (Å²) in [5, 5.41) is 4.16. The minimum Gasteiger partial charge on any atom is -0.339 e. The van der Waals surface area contributed by atoms with E-state index >= 15 is 0 Å². The predicted molar refractivity (Wildman–Crippen MR) is 94.0 cm³/mol. The number of hydrogen-bond donors (Lipinski definition) is 0. The Bertz CT molecular complexity index is 708. The van der Waals surface area contributed by atoms with Crippen LogP contribution >= 0.6 is 0 Å². The highest BCUT2D eigenvalue weighted by Crippen LogP contribution is 2.29. The summed E-state index contributed by atoms with van der Waals surface area (Å²) in [6.45, 7) is 6.74. The van der Waals surface area contributed by atoms with E-state index < -0.39 is 0 Å². The number of aryl methyl sites for hydroxylation is 1. The molecule has 1 aliphatic rings. The molecule has 1 aliphatic heterocycles. The molecule has 0 N–H and O–H groups in total. The first kappa shape index (κ1) is 17.6. The fourth-order valence-corrected chi connectivity index (χ4v) is 3.17. The van der Waals surface area contributed by atoms with Gasteiger partial charge in [-0.1, -0.05) is 37.9 Å². The Morgan fingerprint density at radius 2 is 2.16 bits per heavy atom. The van der Waals surface area contributed by atoms with E-state index in [9.17, 15) is 4.79 Å². The van der Waals surface area contributed by atoms with Gasteiger partial charge in [-0.15, -0.1) is 0 Å². The molecule has 2 aromatic rings. The second-order valence-electron chi connectivity index (χ2n) is 7.08. The van der Waals surface area contributed by atoms with Crippen molar-refractivity contribution in [1.29, 1.82) is 0 Å². The predicted octanol–water partition coefficient (Wildman–Crippen LogP) is 3.58. The molecule has 0 bridgehead atoms. The van der Waals surface area contributed by atoms with Gasteiger partial charge in [-0.3, -0.25) is 9.78 Å². The van der Waals surface area contributed by atoms with E-state index in [1.165, 1.54) is 0 Å². The van der Waals surface area contributed by atoms with Gasteiger partial charge in [0.05, 0.1) is 12.5 Å². The smallest absolute Gasteiger partial charge is 0.229 e. The summed E-state index contributed by atoms with van der Waals surface area (Å²) in [6.07, 6.45) is 6.25. The molecule has 0 spiro atoms. The van der Waals surface area contributed by atoms with E-state index in [4.69, 9.17) is 4.52 Å². The highest BCUT2D eigenvalue weighted by atomic mass is 16.5. The maximum absolute atomic E-state index is 12.9. The lowest BCUT2D eigenvalue weighted by Crippen LogP contribution is -2.36. The van der Waals surface area contributed by atoms with Gasteiger partial charge in [0, 0.05) is 24.4 Å². The number of hydrogen-bond acceptors (Lipinski definition) is 5. The van der Waals surface area contributed by atoms with Gasteiger partial charge in [0.1, 0.15) is 0 Å². The Labute approximate surface area is 148 Å².